The van der Waals surface area contributed by atoms with Gasteiger partial charge in [0.15, 0.2) is 0 Å². The predicted octanol–water partition coefficient (Wildman–Crippen LogP) is 6.08. The molecule has 1 saturated carbocycles. The molecular weight excluding hydrogens is 663 g/mol. The maximum absolute atomic E-state index is 13.5. The second kappa shape index (κ2) is 12.9. The molecular formula is C35H35Cl3N4O5. The fourth-order valence-electron chi connectivity index (χ4n) is 7.25. The molecule has 3 aromatic carbocycles. The van der Waals surface area contributed by atoms with Crippen molar-refractivity contribution in [2.75, 3.05) is 49.2 Å². The molecule has 3 fully saturated rings. The summed E-state index contributed by atoms with van der Waals surface area (Å²) in [7, 11) is 0. The molecule has 0 unspecified atom stereocenters. The first-order valence-corrected chi connectivity index (χ1v) is 17.1. The zero-order valence-corrected chi connectivity index (χ0v) is 28.0. The van der Waals surface area contributed by atoms with Crippen molar-refractivity contribution < 1.29 is 24.2 Å². The molecule has 2 amide bonds. The summed E-state index contributed by atoms with van der Waals surface area (Å²) in [6.07, 6.45) is 3.61. The van der Waals surface area contributed by atoms with Gasteiger partial charge >= 0.3 is 5.97 Å². The number of amides is 2. The third-order valence-electron chi connectivity index (χ3n) is 9.97. The first-order valence-electron chi connectivity index (χ1n) is 16.0. The number of ether oxygens (including phenoxy) is 1. The van der Waals surface area contributed by atoms with Crippen molar-refractivity contribution in [3.05, 3.63) is 86.4 Å². The number of morpholine rings is 1. The van der Waals surface area contributed by atoms with Gasteiger partial charge in [0, 0.05) is 50.0 Å². The molecule has 47 heavy (non-hydrogen) atoms. The van der Waals surface area contributed by atoms with Gasteiger partial charge in [-0.1, -0.05) is 59.1 Å². The second-order valence-corrected chi connectivity index (χ2v) is 14.0. The number of nitrogens with zero attached hydrogens (tertiary/aromatic N) is 3. The number of benzene rings is 3. The number of hydrogen-bond acceptors (Lipinski definition) is 6. The van der Waals surface area contributed by atoms with E-state index in [4.69, 9.17) is 39.5 Å². The summed E-state index contributed by atoms with van der Waals surface area (Å²) < 4.78 is 5.49. The first-order chi connectivity index (χ1) is 22.7. The van der Waals surface area contributed by atoms with E-state index in [0.717, 1.165) is 76.3 Å². The number of carboxylic acid groups (broad SMARTS) is 1. The Morgan fingerprint density at radius 2 is 1.57 bits per heavy atom. The lowest BCUT2D eigenvalue weighted by Crippen LogP contribution is -2.49. The van der Waals surface area contributed by atoms with Crippen molar-refractivity contribution in [3.63, 3.8) is 0 Å². The third kappa shape index (κ3) is 6.08. The SMILES string of the molecule is O=C(N[C@@H](Cc1ccc(N2C(=O)C3(CC3)c3cccc(Cl)c32)cc1)C(=O)O)c1c(Cl)cc(N2CCC(N3CCOCC3)CC2)cc1Cl. The second-order valence-electron chi connectivity index (χ2n) is 12.7. The van der Waals surface area contributed by atoms with E-state index in [-0.39, 0.29) is 27.9 Å². The van der Waals surface area contributed by atoms with Crippen LogP contribution in [0.2, 0.25) is 15.1 Å². The van der Waals surface area contributed by atoms with Crippen LogP contribution in [0.5, 0.6) is 0 Å². The highest BCUT2D eigenvalue weighted by Crippen LogP contribution is 2.60. The van der Waals surface area contributed by atoms with Crippen LogP contribution in [0.1, 0.15) is 47.2 Å². The summed E-state index contributed by atoms with van der Waals surface area (Å²) in [6, 6.07) is 15.4. The van der Waals surface area contributed by atoms with E-state index >= 15 is 0 Å². The molecule has 4 aliphatic rings. The lowest BCUT2D eigenvalue weighted by molar-refractivity contribution is -0.139. The average molecular weight is 698 g/mol. The number of para-hydroxylation sites is 1. The first kappa shape index (κ1) is 32.2. The third-order valence-corrected chi connectivity index (χ3v) is 10.9. The fraction of sp³-hybridized carbons (Fsp3) is 0.400. The molecule has 1 spiro atoms. The highest BCUT2D eigenvalue weighted by Gasteiger charge is 2.60. The zero-order chi connectivity index (χ0) is 32.9. The lowest BCUT2D eigenvalue weighted by atomic mass is 9.98. The number of hydrogen-bond donors (Lipinski definition) is 2. The van der Waals surface area contributed by atoms with E-state index in [0.29, 0.717) is 28.0 Å². The van der Waals surface area contributed by atoms with Gasteiger partial charge < -0.3 is 20.1 Å². The molecule has 2 saturated heterocycles. The average Bonchev–Trinajstić information content (AvgIpc) is 3.84. The number of aliphatic carboxylic acids is 1. The minimum absolute atomic E-state index is 0.00118. The molecule has 1 atom stereocenters. The number of piperidine rings is 1. The standard InChI is InChI=1S/C35H35Cl3N4O5/c36-26-3-1-2-25-31(26)42(34(46)35(25)10-11-35)23-6-4-21(5-7-23)18-29(33(44)45)39-32(43)30-27(37)19-24(20-28(30)38)40-12-8-22(9-13-40)41-14-16-47-17-15-41/h1-7,19-20,22,29H,8-18H2,(H,39,43)(H,44,45)/t29-/m0/s1. The van der Waals surface area contributed by atoms with Crippen molar-refractivity contribution in [1.82, 2.24) is 10.2 Å². The highest BCUT2D eigenvalue weighted by atomic mass is 35.5. The molecule has 9 nitrogen and oxygen atoms in total. The minimum atomic E-state index is -1.24. The Morgan fingerprint density at radius 3 is 2.19 bits per heavy atom. The number of nitrogens with one attached hydrogen (secondary N) is 1. The van der Waals surface area contributed by atoms with Crippen LogP contribution in [0.3, 0.4) is 0 Å². The molecule has 246 valence electrons. The summed E-state index contributed by atoms with van der Waals surface area (Å²) >= 11 is 19.7. The molecule has 0 radical (unpaired) electrons. The monoisotopic (exact) mass is 696 g/mol. The Labute approximate surface area is 288 Å². The summed E-state index contributed by atoms with van der Waals surface area (Å²) in [5.41, 5.74) is 3.35. The number of carbonyl (C=O) groups excluding carboxylic acids is 2. The Kier molecular flexibility index (Phi) is 8.87. The van der Waals surface area contributed by atoms with E-state index in [1.807, 2.05) is 12.1 Å². The molecule has 0 aromatic heterocycles. The van der Waals surface area contributed by atoms with Gasteiger partial charge in [-0.15, -0.1) is 0 Å². The van der Waals surface area contributed by atoms with Gasteiger partial charge in [-0.2, -0.15) is 0 Å². The Hall–Kier alpha value is -3.34. The van der Waals surface area contributed by atoms with E-state index in [1.165, 1.54) is 0 Å². The summed E-state index contributed by atoms with van der Waals surface area (Å²) in [5, 5.41) is 13.4. The number of halogens is 3. The Bertz CT molecular complexity index is 1690. The Balaban J connectivity index is 1.01. The van der Waals surface area contributed by atoms with Crippen LogP contribution in [0, 0.1) is 0 Å². The molecule has 2 N–H and O–H groups in total. The zero-order valence-electron chi connectivity index (χ0n) is 25.7. The molecule has 3 aliphatic heterocycles. The van der Waals surface area contributed by atoms with Crippen LogP contribution in [-0.2, 0) is 26.2 Å². The van der Waals surface area contributed by atoms with Crippen molar-refractivity contribution in [1.29, 1.82) is 0 Å². The predicted molar refractivity (Wildman–Crippen MR) is 183 cm³/mol. The van der Waals surface area contributed by atoms with Crippen LogP contribution >= 0.6 is 34.8 Å². The van der Waals surface area contributed by atoms with Crippen molar-refractivity contribution in [2.24, 2.45) is 0 Å². The van der Waals surface area contributed by atoms with Crippen LogP contribution in [-0.4, -0.2) is 79.3 Å². The van der Waals surface area contributed by atoms with Crippen molar-refractivity contribution in [2.45, 2.75) is 49.6 Å². The van der Waals surface area contributed by atoms with E-state index < -0.39 is 23.3 Å². The van der Waals surface area contributed by atoms with Gasteiger partial charge in [0.1, 0.15) is 6.04 Å². The quantitative estimate of drug-likeness (QED) is 0.294. The van der Waals surface area contributed by atoms with Crippen LogP contribution in [0.4, 0.5) is 17.1 Å². The van der Waals surface area contributed by atoms with Gasteiger partial charge in [0.05, 0.1) is 44.9 Å². The van der Waals surface area contributed by atoms with Gasteiger partial charge in [0.2, 0.25) is 5.91 Å². The normalized spacial score (nSPS) is 19.9. The smallest absolute Gasteiger partial charge is 0.326 e. The van der Waals surface area contributed by atoms with E-state index in [9.17, 15) is 19.5 Å². The van der Waals surface area contributed by atoms with Gasteiger partial charge in [-0.05, 0) is 67.1 Å². The highest BCUT2D eigenvalue weighted by molar-refractivity contribution is 6.40. The summed E-state index contributed by atoms with van der Waals surface area (Å²) in [5.74, 6) is -1.85. The Morgan fingerprint density at radius 1 is 0.915 bits per heavy atom. The van der Waals surface area contributed by atoms with Gasteiger partial charge in [-0.3, -0.25) is 19.4 Å². The minimum Gasteiger partial charge on any atom is -0.480 e. The van der Waals surface area contributed by atoms with Crippen molar-refractivity contribution in [3.8, 4) is 0 Å². The van der Waals surface area contributed by atoms with E-state index in [1.54, 1.807) is 47.4 Å². The number of rotatable bonds is 8. The van der Waals surface area contributed by atoms with Gasteiger partial charge in [-0.25, -0.2) is 4.79 Å². The number of fused-ring (bicyclic) bond motifs is 2. The van der Waals surface area contributed by atoms with E-state index in [2.05, 4.69) is 15.1 Å². The summed E-state index contributed by atoms with van der Waals surface area (Å²) in [4.78, 5) is 45.4. The lowest BCUT2D eigenvalue weighted by Gasteiger charge is -2.41. The maximum atomic E-state index is 13.5. The molecule has 0 bridgehead atoms. The molecule has 3 heterocycles. The maximum Gasteiger partial charge on any atom is 0.326 e. The van der Waals surface area contributed by atoms with Crippen molar-refractivity contribution >= 4 is 69.6 Å². The number of carbonyl (C=O) groups is 3. The van der Waals surface area contributed by atoms with Gasteiger partial charge in [0.25, 0.3) is 5.91 Å². The summed E-state index contributed by atoms with van der Waals surface area (Å²) in [6.45, 7) is 5.14. The molecule has 12 heteroatoms. The van der Waals surface area contributed by atoms with Crippen LogP contribution in [0.25, 0.3) is 0 Å². The van der Waals surface area contributed by atoms with Crippen LogP contribution < -0.4 is 15.1 Å². The number of anilines is 3. The molecule has 1 aliphatic carbocycles. The fourth-order valence-corrected chi connectivity index (χ4v) is 8.16. The molecule has 7 rings (SSSR count). The molecule has 3 aromatic rings. The topological polar surface area (TPSA) is 102 Å². The number of carboxylic acids is 1. The van der Waals surface area contributed by atoms with Crippen LogP contribution in [0.15, 0.2) is 54.6 Å². The largest absolute Gasteiger partial charge is 0.480 e.